The second-order valence-corrected chi connectivity index (χ2v) is 6.48. The molecule has 2 fully saturated rings. The van der Waals surface area contributed by atoms with Crippen molar-refractivity contribution in [1.82, 2.24) is 4.90 Å². The van der Waals surface area contributed by atoms with Crippen LogP contribution in [0.15, 0.2) is 24.3 Å². The topological polar surface area (TPSA) is 66.8 Å². The number of aliphatic carboxylic acids is 1. The van der Waals surface area contributed by atoms with Crippen LogP contribution in [0.1, 0.15) is 48.9 Å². The zero-order valence-electron chi connectivity index (χ0n) is 13.2. The summed E-state index contributed by atoms with van der Waals surface area (Å²) in [5, 5.41) is 9.13. The number of carbonyl (C=O) groups is 2. The molecule has 1 amide bonds. The fraction of sp³-hybridized carbons (Fsp3) is 0.556. The molecule has 3 rings (SSSR count). The Morgan fingerprint density at radius 2 is 1.74 bits per heavy atom. The number of ether oxygens (including phenoxy) is 1. The van der Waals surface area contributed by atoms with Gasteiger partial charge >= 0.3 is 5.97 Å². The number of carboxylic acids is 1. The zero-order chi connectivity index (χ0) is 16.2. The smallest absolute Gasteiger partial charge is 0.308 e. The van der Waals surface area contributed by atoms with E-state index in [1.165, 1.54) is 12.8 Å². The number of hydrogen-bond acceptors (Lipinski definition) is 3. The highest BCUT2D eigenvalue weighted by Gasteiger charge is 2.28. The van der Waals surface area contributed by atoms with Crippen LogP contribution in [0.5, 0.6) is 5.75 Å². The van der Waals surface area contributed by atoms with Gasteiger partial charge in [0.1, 0.15) is 5.75 Å². The number of carboxylic acid groups (broad SMARTS) is 1. The van der Waals surface area contributed by atoms with Crippen molar-refractivity contribution in [3.05, 3.63) is 29.8 Å². The average molecular weight is 317 g/mol. The van der Waals surface area contributed by atoms with Gasteiger partial charge in [0.15, 0.2) is 0 Å². The molecule has 0 aromatic heterocycles. The van der Waals surface area contributed by atoms with Crippen molar-refractivity contribution in [1.29, 1.82) is 0 Å². The molecule has 1 aliphatic carbocycles. The number of hydrogen-bond donors (Lipinski definition) is 1. The molecule has 1 aliphatic heterocycles. The van der Waals surface area contributed by atoms with E-state index in [0.29, 0.717) is 31.2 Å². The number of amides is 1. The van der Waals surface area contributed by atoms with Crippen LogP contribution in [-0.2, 0) is 4.79 Å². The number of carbonyl (C=O) groups excluding carboxylic acids is 1. The molecule has 1 heterocycles. The second kappa shape index (κ2) is 7.02. The van der Waals surface area contributed by atoms with E-state index in [2.05, 4.69) is 0 Å². The summed E-state index contributed by atoms with van der Waals surface area (Å²) in [5.41, 5.74) is 0.592. The van der Waals surface area contributed by atoms with Crippen LogP contribution in [0.25, 0.3) is 0 Å². The molecule has 124 valence electrons. The van der Waals surface area contributed by atoms with Crippen molar-refractivity contribution < 1.29 is 19.4 Å². The van der Waals surface area contributed by atoms with E-state index in [9.17, 15) is 9.59 Å². The molecule has 1 saturated heterocycles. The van der Waals surface area contributed by atoms with Crippen molar-refractivity contribution in [2.75, 3.05) is 13.1 Å². The number of nitrogens with zero attached hydrogens (tertiary/aromatic N) is 1. The lowest BCUT2D eigenvalue weighted by atomic mass is 9.97. The third kappa shape index (κ3) is 3.84. The van der Waals surface area contributed by atoms with Crippen LogP contribution in [0.2, 0.25) is 0 Å². The van der Waals surface area contributed by atoms with Gasteiger partial charge in [0.25, 0.3) is 5.91 Å². The minimum atomic E-state index is -0.817. The minimum absolute atomic E-state index is 0.0941. The van der Waals surface area contributed by atoms with Gasteiger partial charge in [0.2, 0.25) is 0 Å². The Morgan fingerprint density at radius 3 is 2.39 bits per heavy atom. The van der Waals surface area contributed by atoms with E-state index in [1.807, 2.05) is 12.1 Å². The lowest BCUT2D eigenvalue weighted by Gasteiger charge is -2.30. The van der Waals surface area contributed by atoms with Crippen molar-refractivity contribution in [3.8, 4) is 5.75 Å². The van der Waals surface area contributed by atoms with Gasteiger partial charge in [-0.25, -0.2) is 0 Å². The molecular formula is C18H23NO4. The van der Waals surface area contributed by atoms with Crippen LogP contribution in [0.3, 0.4) is 0 Å². The fourth-order valence-corrected chi connectivity index (χ4v) is 3.42. The lowest BCUT2D eigenvalue weighted by molar-refractivity contribution is -0.143. The van der Waals surface area contributed by atoms with Gasteiger partial charge in [0.05, 0.1) is 12.0 Å². The number of piperidine rings is 1. The summed E-state index contributed by atoms with van der Waals surface area (Å²) in [6, 6.07) is 7.22. The maximum absolute atomic E-state index is 12.5. The number of benzene rings is 1. The van der Waals surface area contributed by atoms with Gasteiger partial charge in [-0.2, -0.15) is 0 Å². The summed E-state index contributed by atoms with van der Waals surface area (Å²) in [7, 11) is 0. The Morgan fingerprint density at radius 1 is 1.04 bits per heavy atom. The van der Waals surface area contributed by atoms with Crippen molar-refractivity contribution in [2.45, 2.75) is 44.6 Å². The summed E-state index contributed by atoms with van der Waals surface area (Å²) in [6.07, 6.45) is 6.34. The SMILES string of the molecule is O=C(O)C1CCCN(C(=O)c2ccc(OC3CCCC3)cc2)C1. The molecule has 5 nitrogen and oxygen atoms in total. The zero-order valence-corrected chi connectivity index (χ0v) is 13.2. The predicted molar refractivity (Wildman–Crippen MR) is 85.6 cm³/mol. The third-order valence-electron chi connectivity index (χ3n) is 4.76. The quantitative estimate of drug-likeness (QED) is 0.927. The van der Waals surface area contributed by atoms with E-state index in [4.69, 9.17) is 9.84 Å². The Bertz CT molecular complexity index is 563. The molecular weight excluding hydrogens is 294 g/mol. The van der Waals surface area contributed by atoms with Crippen LogP contribution in [0, 0.1) is 5.92 Å². The highest BCUT2D eigenvalue weighted by Crippen LogP contribution is 2.25. The Hall–Kier alpha value is -2.04. The summed E-state index contributed by atoms with van der Waals surface area (Å²) in [6.45, 7) is 0.928. The molecule has 0 radical (unpaired) electrons. The fourth-order valence-electron chi connectivity index (χ4n) is 3.42. The van der Waals surface area contributed by atoms with Gasteiger partial charge in [-0.05, 0) is 62.8 Å². The Balaban J connectivity index is 1.61. The summed E-state index contributed by atoms with van der Waals surface area (Å²) < 4.78 is 5.90. The normalized spacial score (nSPS) is 22.1. The van der Waals surface area contributed by atoms with Gasteiger partial charge < -0.3 is 14.7 Å². The molecule has 23 heavy (non-hydrogen) atoms. The number of rotatable bonds is 4. The first kappa shape index (κ1) is 15.8. The Kier molecular flexibility index (Phi) is 4.84. The largest absolute Gasteiger partial charge is 0.490 e. The first-order chi connectivity index (χ1) is 11.1. The third-order valence-corrected chi connectivity index (χ3v) is 4.76. The van der Waals surface area contributed by atoms with E-state index in [1.54, 1.807) is 17.0 Å². The van der Waals surface area contributed by atoms with Gasteiger partial charge in [-0.3, -0.25) is 9.59 Å². The van der Waals surface area contributed by atoms with E-state index in [0.717, 1.165) is 25.0 Å². The van der Waals surface area contributed by atoms with Crippen LogP contribution >= 0.6 is 0 Å². The summed E-state index contributed by atoms with van der Waals surface area (Å²) in [4.78, 5) is 25.3. The predicted octanol–water partition coefficient (Wildman–Crippen LogP) is 2.94. The van der Waals surface area contributed by atoms with Gasteiger partial charge in [-0.1, -0.05) is 0 Å². The highest BCUT2D eigenvalue weighted by atomic mass is 16.5. The first-order valence-electron chi connectivity index (χ1n) is 8.42. The highest BCUT2D eigenvalue weighted by molar-refractivity contribution is 5.94. The molecule has 5 heteroatoms. The minimum Gasteiger partial charge on any atom is -0.490 e. The van der Waals surface area contributed by atoms with E-state index < -0.39 is 11.9 Å². The van der Waals surface area contributed by atoms with E-state index in [-0.39, 0.29) is 5.91 Å². The molecule has 1 atom stereocenters. The molecule has 2 aliphatic rings. The summed E-state index contributed by atoms with van der Waals surface area (Å²) in [5.74, 6) is -0.556. The van der Waals surface area contributed by atoms with Crippen LogP contribution < -0.4 is 4.74 Å². The monoisotopic (exact) mass is 317 g/mol. The summed E-state index contributed by atoms with van der Waals surface area (Å²) >= 11 is 0. The van der Waals surface area contributed by atoms with Crippen molar-refractivity contribution >= 4 is 11.9 Å². The van der Waals surface area contributed by atoms with Crippen molar-refractivity contribution in [2.24, 2.45) is 5.92 Å². The average Bonchev–Trinajstić information content (AvgIpc) is 3.08. The lowest BCUT2D eigenvalue weighted by Crippen LogP contribution is -2.42. The molecule has 0 bridgehead atoms. The maximum atomic E-state index is 12.5. The first-order valence-corrected chi connectivity index (χ1v) is 8.42. The van der Waals surface area contributed by atoms with Gasteiger partial charge in [-0.15, -0.1) is 0 Å². The second-order valence-electron chi connectivity index (χ2n) is 6.48. The molecule has 1 unspecified atom stereocenters. The maximum Gasteiger partial charge on any atom is 0.308 e. The number of likely N-dealkylation sites (tertiary alicyclic amines) is 1. The molecule has 1 saturated carbocycles. The molecule has 1 aromatic rings. The van der Waals surface area contributed by atoms with Crippen LogP contribution in [0.4, 0.5) is 0 Å². The molecule has 1 aromatic carbocycles. The van der Waals surface area contributed by atoms with Crippen molar-refractivity contribution in [3.63, 3.8) is 0 Å². The molecule has 1 N–H and O–H groups in total. The van der Waals surface area contributed by atoms with E-state index >= 15 is 0 Å². The standard InChI is InChI=1S/C18H23NO4/c20-17(19-11-3-4-14(12-19)18(21)22)13-7-9-16(10-8-13)23-15-5-1-2-6-15/h7-10,14-15H,1-6,11-12H2,(H,21,22). The van der Waals surface area contributed by atoms with Crippen LogP contribution in [-0.4, -0.2) is 41.1 Å². The molecule has 0 spiro atoms. The van der Waals surface area contributed by atoms with Gasteiger partial charge in [0, 0.05) is 18.7 Å². The Labute approximate surface area is 136 Å².